The number of rotatable bonds is 12. The van der Waals surface area contributed by atoms with Crippen LogP contribution < -0.4 is 11.1 Å². The van der Waals surface area contributed by atoms with Gasteiger partial charge in [0, 0.05) is 57.6 Å². The Morgan fingerprint density at radius 3 is 2.22 bits per heavy atom. The Morgan fingerprint density at radius 1 is 1.00 bits per heavy atom. The summed E-state index contributed by atoms with van der Waals surface area (Å²) in [5, 5.41) is 10.9. The van der Waals surface area contributed by atoms with Crippen LogP contribution >= 0.6 is 0 Å². The van der Waals surface area contributed by atoms with Gasteiger partial charge in [-0.3, -0.25) is 14.6 Å². The normalized spacial score (nSPS) is 12.8. The molecule has 3 amide bonds. The Kier molecular flexibility index (Phi) is 10.9. The van der Waals surface area contributed by atoms with Crippen LogP contribution in [0.5, 0.6) is 0 Å². The van der Waals surface area contributed by atoms with Gasteiger partial charge in [-0.2, -0.15) is 4.68 Å². The van der Waals surface area contributed by atoms with E-state index in [1.807, 2.05) is 49.2 Å². The molecule has 1 aromatic heterocycles. The second kappa shape index (κ2) is 14.6. The fourth-order valence-electron chi connectivity index (χ4n) is 5.09. The number of likely N-dealkylation sites (N-methyl/N-ethyl adjacent to an activating group) is 2. The molecular formula is C33H45N7O6. The molecule has 0 saturated heterocycles. The van der Waals surface area contributed by atoms with Crippen LogP contribution in [0.3, 0.4) is 0 Å². The second-order valence-electron chi connectivity index (χ2n) is 12.3. The zero-order valence-electron chi connectivity index (χ0n) is 27.8. The molecule has 2 heterocycles. The number of nitrogens with zero attached hydrogens (tertiary/aromatic N) is 6. The number of nitrogens with one attached hydrogen (secondary N) is 1. The number of hydrogen-bond acceptors (Lipinski definition) is 9. The first-order chi connectivity index (χ1) is 21.8. The predicted octanol–water partition coefficient (Wildman–Crippen LogP) is 3.72. The van der Waals surface area contributed by atoms with E-state index in [0.29, 0.717) is 37.4 Å². The van der Waals surface area contributed by atoms with Gasteiger partial charge in [0.25, 0.3) is 5.91 Å². The van der Waals surface area contributed by atoms with E-state index < -0.39 is 17.5 Å². The van der Waals surface area contributed by atoms with E-state index >= 15 is 0 Å². The number of hydrazine groups is 1. The van der Waals surface area contributed by atoms with Crippen LogP contribution in [0, 0.1) is 6.92 Å². The summed E-state index contributed by atoms with van der Waals surface area (Å²) < 4.78 is 12.0. The number of carbonyl (C=O) groups is 3. The second-order valence-corrected chi connectivity index (χ2v) is 12.3. The molecular weight excluding hydrogens is 590 g/mol. The van der Waals surface area contributed by atoms with Crippen molar-refractivity contribution in [1.29, 1.82) is 0 Å². The average molecular weight is 636 g/mol. The highest BCUT2D eigenvalue weighted by atomic mass is 16.6. The third-order valence-electron chi connectivity index (χ3n) is 7.77. The zero-order valence-corrected chi connectivity index (χ0v) is 27.8. The minimum atomic E-state index is -0.662. The van der Waals surface area contributed by atoms with Gasteiger partial charge >= 0.3 is 11.8 Å². The number of fused-ring (bicyclic) bond motifs is 1. The lowest BCUT2D eigenvalue weighted by atomic mass is 10.1. The number of aromatic nitrogens is 2. The summed E-state index contributed by atoms with van der Waals surface area (Å²) in [4.78, 5) is 54.8. The third kappa shape index (κ3) is 8.53. The summed E-state index contributed by atoms with van der Waals surface area (Å²) in [6, 6.07) is 13.4. The molecule has 3 aromatic rings. The Balaban J connectivity index is 1.45. The highest BCUT2D eigenvalue weighted by Crippen LogP contribution is 2.24. The Bertz CT molecular complexity index is 1580. The maximum atomic E-state index is 13.6. The number of carbonyl (C=O) groups excluding carboxylic acids is 3. The van der Waals surface area contributed by atoms with E-state index in [9.17, 15) is 19.2 Å². The molecule has 0 fully saturated rings. The molecule has 46 heavy (non-hydrogen) atoms. The smallest absolute Gasteiger partial charge is 0.437 e. The summed E-state index contributed by atoms with van der Waals surface area (Å²) >= 11 is 0. The fourth-order valence-corrected chi connectivity index (χ4v) is 5.09. The lowest BCUT2D eigenvalue weighted by Gasteiger charge is -2.32. The molecule has 0 radical (unpaired) electrons. The molecule has 0 saturated carbocycles. The van der Waals surface area contributed by atoms with Crippen LogP contribution in [0.4, 0.5) is 10.5 Å². The number of anilines is 1. The number of aryl methyl sites for hydroxylation is 2. The Labute approximate surface area is 269 Å². The van der Waals surface area contributed by atoms with E-state index in [1.165, 1.54) is 14.5 Å². The lowest BCUT2D eigenvalue weighted by Crippen LogP contribution is -2.50. The van der Waals surface area contributed by atoms with Crippen molar-refractivity contribution in [2.24, 2.45) is 0 Å². The van der Waals surface area contributed by atoms with E-state index in [2.05, 4.69) is 10.4 Å². The van der Waals surface area contributed by atoms with Gasteiger partial charge in [0.2, 0.25) is 11.8 Å². The Hall–Kier alpha value is -4.65. The molecule has 2 aromatic carbocycles. The van der Waals surface area contributed by atoms with Gasteiger partial charge in [-0.15, -0.1) is 5.10 Å². The minimum absolute atomic E-state index is 0.0789. The van der Waals surface area contributed by atoms with Crippen LogP contribution in [0.15, 0.2) is 51.7 Å². The molecule has 0 aliphatic carbocycles. The van der Waals surface area contributed by atoms with Crippen molar-refractivity contribution >= 4 is 23.6 Å². The van der Waals surface area contributed by atoms with Crippen molar-refractivity contribution in [3.05, 3.63) is 69.7 Å². The first-order valence-electron chi connectivity index (χ1n) is 15.6. The summed E-state index contributed by atoms with van der Waals surface area (Å²) in [6.45, 7) is 13.0. The molecule has 1 N–H and O–H groups in total. The molecule has 13 heteroatoms. The quantitative estimate of drug-likeness (QED) is 0.316. The maximum Gasteiger partial charge on any atom is 0.437 e. The number of ether oxygens (including phenoxy) is 1. The molecule has 0 bridgehead atoms. The monoisotopic (exact) mass is 635 g/mol. The summed E-state index contributed by atoms with van der Waals surface area (Å²) in [5.74, 6) is -0.846. The van der Waals surface area contributed by atoms with Gasteiger partial charge in [0.05, 0.1) is 6.54 Å². The first kappa shape index (κ1) is 34.2. The van der Waals surface area contributed by atoms with E-state index in [0.717, 1.165) is 16.7 Å². The molecule has 1 aliphatic heterocycles. The van der Waals surface area contributed by atoms with Gasteiger partial charge in [0.1, 0.15) is 12.1 Å². The van der Waals surface area contributed by atoms with E-state index in [-0.39, 0.29) is 43.9 Å². The van der Waals surface area contributed by atoms with Crippen molar-refractivity contribution in [3.8, 4) is 11.5 Å². The number of benzene rings is 2. The number of amides is 3. The van der Waals surface area contributed by atoms with E-state index in [4.69, 9.17) is 9.15 Å². The van der Waals surface area contributed by atoms with Crippen LogP contribution in [0.1, 0.15) is 51.3 Å². The largest absolute Gasteiger partial charge is 0.444 e. The van der Waals surface area contributed by atoms with Gasteiger partial charge in [-0.05, 0) is 76.4 Å². The van der Waals surface area contributed by atoms with Gasteiger partial charge in [-0.25, -0.2) is 14.6 Å². The van der Waals surface area contributed by atoms with E-state index in [1.54, 1.807) is 51.9 Å². The van der Waals surface area contributed by atoms with Crippen LogP contribution in [0.2, 0.25) is 0 Å². The SMILES string of the molecule is CCN(CCN(CC(=O)N(C)N1Cc2ccccc2C1)C(=O)CNc1ccc(-c2nn(CC)c(=O)o2)cc1C)C(=O)OC(C)(C)C. The minimum Gasteiger partial charge on any atom is -0.444 e. The zero-order chi connectivity index (χ0) is 33.6. The highest BCUT2D eigenvalue weighted by Gasteiger charge is 2.28. The lowest BCUT2D eigenvalue weighted by molar-refractivity contribution is -0.151. The standard InChI is InChI=1S/C33H45N7O6/c1-8-37(31(43)46-33(4,5)6)16-17-38(22-29(42)36(7)39-20-25-12-10-11-13-26(25)21-39)28(41)19-34-27-15-14-24(18-23(27)3)30-35-40(9-2)32(44)45-30/h10-15,18,34H,8-9,16-17,19-22H2,1-7H3. The highest BCUT2D eigenvalue weighted by molar-refractivity contribution is 5.87. The molecule has 13 nitrogen and oxygen atoms in total. The average Bonchev–Trinajstić information content (AvgIpc) is 3.61. The van der Waals surface area contributed by atoms with Crippen LogP contribution in [-0.4, -0.2) is 92.9 Å². The molecule has 0 atom stereocenters. The maximum absolute atomic E-state index is 13.6. The first-order valence-corrected chi connectivity index (χ1v) is 15.6. The summed E-state index contributed by atoms with van der Waals surface area (Å²) in [5.41, 5.74) is 3.83. The van der Waals surface area contributed by atoms with Crippen molar-refractivity contribution in [2.75, 3.05) is 45.1 Å². The summed E-state index contributed by atoms with van der Waals surface area (Å²) in [7, 11) is 1.71. The molecule has 0 unspecified atom stereocenters. The fraction of sp³-hybridized carbons (Fsp3) is 0.485. The van der Waals surface area contributed by atoms with Crippen molar-refractivity contribution in [1.82, 2.24) is 29.6 Å². The number of hydrogen-bond donors (Lipinski definition) is 1. The molecule has 1 aliphatic rings. The summed E-state index contributed by atoms with van der Waals surface area (Å²) in [6.07, 6.45) is -0.478. The van der Waals surface area contributed by atoms with Crippen molar-refractivity contribution < 1.29 is 23.5 Å². The molecule has 4 rings (SSSR count). The Morgan fingerprint density at radius 2 is 1.65 bits per heavy atom. The van der Waals surface area contributed by atoms with Gasteiger partial charge < -0.3 is 24.3 Å². The van der Waals surface area contributed by atoms with Crippen molar-refractivity contribution in [3.63, 3.8) is 0 Å². The topological polar surface area (TPSA) is 133 Å². The van der Waals surface area contributed by atoms with Gasteiger partial charge in [0.15, 0.2) is 0 Å². The van der Waals surface area contributed by atoms with Crippen LogP contribution in [0.25, 0.3) is 11.5 Å². The third-order valence-corrected chi connectivity index (χ3v) is 7.77. The molecule has 0 spiro atoms. The van der Waals surface area contributed by atoms with Gasteiger partial charge in [-0.1, -0.05) is 24.3 Å². The predicted molar refractivity (Wildman–Crippen MR) is 174 cm³/mol. The van der Waals surface area contributed by atoms with Crippen molar-refractivity contribution in [2.45, 2.75) is 66.8 Å². The molecule has 248 valence electrons. The van der Waals surface area contributed by atoms with Crippen LogP contribution in [-0.2, 0) is 34.0 Å².